The van der Waals surface area contributed by atoms with Gasteiger partial charge in [0.15, 0.2) is 0 Å². The van der Waals surface area contributed by atoms with Crippen molar-refractivity contribution in [1.29, 1.82) is 0 Å². The Morgan fingerprint density at radius 2 is 0.806 bits per heavy atom. The van der Waals surface area contributed by atoms with E-state index < -0.39 is 0 Å². The second-order valence-electron chi connectivity index (χ2n) is 10.2. The normalized spacial score (nSPS) is 13.0. The topological polar surface area (TPSA) is 8.82 Å². The lowest BCUT2D eigenvalue weighted by atomic mass is 10.0. The van der Waals surface area contributed by atoms with E-state index in [1.54, 1.807) is 0 Å². The van der Waals surface area contributed by atoms with Gasteiger partial charge in [0.2, 0.25) is 0 Å². The van der Waals surface area contributed by atoms with Gasteiger partial charge in [0.25, 0.3) is 0 Å². The smallest absolute Gasteiger partial charge is 0.0620 e. The van der Waals surface area contributed by atoms with Gasteiger partial charge in [-0.1, -0.05) is 84.9 Å². The Morgan fingerprint density at radius 1 is 0.306 bits per heavy atom. The predicted molar refractivity (Wildman–Crippen MR) is 153 cm³/mol. The highest BCUT2D eigenvalue weighted by atomic mass is 14.9. The summed E-state index contributed by atoms with van der Waals surface area (Å²) < 4.78 is 4.98. The van der Waals surface area contributed by atoms with Crippen molar-refractivity contribution in [3.63, 3.8) is 0 Å². The summed E-state index contributed by atoms with van der Waals surface area (Å²) in [6, 6.07) is 40.6. The zero-order valence-corrected chi connectivity index (χ0v) is 19.3. The van der Waals surface area contributed by atoms with E-state index in [1.807, 2.05) is 0 Å². The quantitative estimate of drug-likeness (QED) is 0.216. The number of hydrogen-bond acceptors (Lipinski definition) is 0. The Bertz CT molecular complexity index is 2520. The minimum Gasteiger partial charge on any atom is -0.308 e. The van der Waals surface area contributed by atoms with Crippen molar-refractivity contribution >= 4 is 87.0 Å². The number of para-hydroxylation sites is 4. The molecule has 0 aliphatic heterocycles. The number of fused-ring (bicyclic) bond motifs is 14. The van der Waals surface area contributed by atoms with E-state index in [4.69, 9.17) is 0 Å². The lowest BCUT2D eigenvalue weighted by molar-refractivity contribution is 1.37. The van der Waals surface area contributed by atoms with Gasteiger partial charge < -0.3 is 8.80 Å². The number of rotatable bonds is 0. The van der Waals surface area contributed by atoms with Crippen LogP contribution in [-0.4, -0.2) is 8.80 Å². The van der Waals surface area contributed by atoms with Crippen molar-refractivity contribution in [2.24, 2.45) is 0 Å². The largest absolute Gasteiger partial charge is 0.308 e. The first-order chi connectivity index (χ1) is 17.9. The first-order valence-corrected chi connectivity index (χ1v) is 12.5. The zero-order valence-electron chi connectivity index (χ0n) is 19.3. The maximum absolute atomic E-state index is 2.51. The minimum absolute atomic E-state index is 1.28. The number of nitrogens with zero attached hydrogens (tertiary/aromatic N) is 2. The number of hydrogen-bond donors (Lipinski definition) is 0. The molecule has 0 unspecified atom stereocenters. The minimum atomic E-state index is 1.28. The molecule has 0 saturated carbocycles. The van der Waals surface area contributed by atoms with E-state index >= 15 is 0 Å². The van der Waals surface area contributed by atoms with Crippen LogP contribution in [0.2, 0.25) is 0 Å². The molecule has 0 atom stereocenters. The molecule has 0 saturated heterocycles. The number of benzene rings is 6. The Hall–Kier alpha value is -4.82. The molecule has 0 bridgehead atoms. The van der Waals surface area contributed by atoms with Gasteiger partial charge in [-0.25, -0.2) is 0 Å². The van der Waals surface area contributed by atoms with Crippen LogP contribution in [0.3, 0.4) is 0 Å². The van der Waals surface area contributed by atoms with Crippen molar-refractivity contribution in [3.8, 4) is 0 Å². The first kappa shape index (κ1) is 17.6. The molecular formula is C34H18N2. The maximum atomic E-state index is 2.51. The van der Waals surface area contributed by atoms with Gasteiger partial charge in [0, 0.05) is 48.5 Å². The van der Waals surface area contributed by atoms with Crippen LogP contribution in [0.15, 0.2) is 109 Å². The van der Waals surface area contributed by atoms with Crippen LogP contribution in [0.1, 0.15) is 0 Å². The molecule has 0 spiro atoms. The SMILES string of the molecule is c1ccc2c(c1)c1cccc3c4cc5c(ccc6c7cccc8c9ccccc9n(c56)c87)cc4n2c13. The predicted octanol–water partition coefficient (Wildman–Crippen LogP) is 9.14. The molecule has 0 radical (unpaired) electrons. The number of aromatic nitrogens is 2. The molecule has 0 N–H and O–H groups in total. The van der Waals surface area contributed by atoms with Crippen LogP contribution in [-0.2, 0) is 0 Å². The van der Waals surface area contributed by atoms with E-state index in [1.165, 1.54) is 87.0 Å². The van der Waals surface area contributed by atoms with E-state index in [2.05, 4.69) is 118 Å². The molecule has 6 aromatic carbocycles. The average Bonchev–Trinajstić information content (AvgIpc) is 3.65. The van der Waals surface area contributed by atoms with Gasteiger partial charge in [-0.05, 0) is 29.7 Å². The van der Waals surface area contributed by atoms with Crippen LogP contribution in [0.4, 0.5) is 0 Å². The lowest BCUT2D eigenvalue weighted by Gasteiger charge is -2.05. The Kier molecular flexibility index (Phi) is 2.78. The highest BCUT2D eigenvalue weighted by molar-refractivity contribution is 6.30. The third kappa shape index (κ3) is 1.78. The summed E-state index contributed by atoms with van der Waals surface area (Å²) in [6.45, 7) is 0. The maximum Gasteiger partial charge on any atom is 0.0620 e. The van der Waals surface area contributed by atoms with E-state index in [0.717, 1.165) is 0 Å². The summed E-state index contributed by atoms with van der Waals surface area (Å²) in [5.74, 6) is 0. The van der Waals surface area contributed by atoms with E-state index in [-0.39, 0.29) is 0 Å². The highest BCUT2D eigenvalue weighted by Crippen LogP contribution is 2.44. The van der Waals surface area contributed by atoms with Gasteiger partial charge >= 0.3 is 0 Å². The Labute approximate surface area is 204 Å². The van der Waals surface area contributed by atoms with Gasteiger partial charge in [0.1, 0.15) is 0 Å². The third-order valence-electron chi connectivity index (χ3n) is 8.54. The molecule has 36 heavy (non-hydrogen) atoms. The van der Waals surface area contributed by atoms with Crippen molar-refractivity contribution in [3.05, 3.63) is 109 Å². The fourth-order valence-corrected chi connectivity index (χ4v) is 7.16. The van der Waals surface area contributed by atoms with Gasteiger partial charge in [-0.3, -0.25) is 0 Å². The van der Waals surface area contributed by atoms with Gasteiger partial charge in [-0.15, -0.1) is 0 Å². The molecule has 4 aromatic heterocycles. The second-order valence-corrected chi connectivity index (χ2v) is 10.2. The fraction of sp³-hybridized carbons (Fsp3) is 0. The summed E-state index contributed by atoms with van der Waals surface area (Å²) in [6.07, 6.45) is 0. The van der Waals surface area contributed by atoms with Gasteiger partial charge in [-0.2, -0.15) is 0 Å². The molecule has 0 amide bonds. The Morgan fingerprint density at radius 3 is 1.53 bits per heavy atom. The standard InChI is InChI=1S/C34H18N2/c1-3-13-29-20(7-1)22-9-6-12-25-28-18-27-19(17-31(28)35(29)32(22)25)15-16-26-24-11-5-10-23-21-8-2-4-14-30(21)36(33(23)24)34(26)27/h1-18H. The molecule has 0 aliphatic carbocycles. The Balaban J connectivity index is 1.51. The highest BCUT2D eigenvalue weighted by Gasteiger charge is 2.21. The summed E-state index contributed by atoms with van der Waals surface area (Å²) in [7, 11) is 0. The molecular weight excluding hydrogens is 436 g/mol. The van der Waals surface area contributed by atoms with Crippen LogP contribution >= 0.6 is 0 Å². The third-order valence-corrected chi connectivity index (χ3v) is 8.54. The fourth-order valence-electron chi connectivity index (χ4n) is 7.16. The van der Waals surface area contributed by atoms with Crippen molar-refractivity contribution in [2.45, 2.75) is 0 Å². The molecule has 2 heteroatoms. The van der Waals surface area contributed by atoms with Crippen molar-refractivity contribution in [2.75, 3.05) is 0 Å². The van der Waals surface area contributed by atoms with E-state index in [9.17, 15) is 0 Å². The molecule has 0 fully saturated rings. The monoisotopic (exact) mass is 454 g/mol. The molecule has 0 aliphatic rings. The van der Waals surface area contributed by atoms with Crippen LogP contribution in [0.25, 0.3) is 87.0 Å². The molecule has 10 aromatic rings. The average molecular weight is 455 g/mol. The molecule has 2 nitrogen and oxygen atoms in total. The summed E-state index contributed by atoms with van der Waals surface area (Å²) in [4.78, 5) is 0. The zero-order chi connectivity index (χ0) is 23.1. The summed E-state index contributed by atoms with van der Waals surface area (Å²) in [5, 5.41) is 13.2. The second kappa shape index (κ2) is 5.69. The van der Waals surface area contributed by atoms with Crippen LogP contribution < -0.4 is 0 Å². The summed E-state index contributed by atoms with van der Waals surface area (Å²) in [5.41, 5.74) is 7.83. The van der Waals surface area contributed by atoms with Crippen molar-refractivity contribution < 1.29 is 0 Å². The van der Waals surface area contributed by atoms with Crippen LogP contribution in [0.5, 0.6) is 0 Å². The first-order valence-electron chi connectivity index (χ1n) is 12.5. The molecule has 164 valence electrons. The molecule has 10 rings (SSSR count). The van der Waals surface area contributed by atoms with Crippen LogP contribution in [0, 0.1) is 0 Å². The van der Waals surface area contributed by atoms with Crippen molar-refractivity contribution in [1.82, 2.24) is 8.80 Å². The molecule has 4 heterocycles. The van der Waals surface area contributed by atoms with Gasteiger partial charge in [0.05, 0.1) is 33.1 Å². The lowest BCUT2D eigenvalue weighted by Crippen LogP contribution is -1.85. The summed E-state index contributed by atoms with van der Waals surface area (Å²) >= 11 is 0. The van der Waals surface area contributed by atoms with E-state index in [0.29, 0.717) is 0 Å².